The van der Waals surface area contributed by atoms with Gasteiger partial charge in [-0.2, -0.15) is 0 Å². The van der Waals surface area contributed by atoms with Crippen LogP contribution in [-0.4, -0.2) is 5.91 Å². The van der Waals surface area contributed by atoms with E-state index in [1.165, 1.54) is 11.1 Å². The molecule has 0 aromatic heterocycles. The van der Waals surface area contributed by atoms with Crippen molar-refractivity contribution in [1.29, 1.82) is 0 Å². The van der Waals surface area contributed by atoms with E-state index in [0.29, 0.717) is 17.1 Å². The molecule has 0 bridgehead atoms. The zero-order valence-electron chi connectivity index (χ0n) is 13.6. The highest BCUT2D eigenvalue weighted by molar-refractivity contribution is 9.10. The first-order valence-corrected chi connectivity index (χ1v) is 8.77. The smallest absolute Gasteiger partial charge is 0.224 e. The molecule has 2 rings (SSSR count). The minimum absolute atomic E-state index is 0.0108. The van der Waals surface area contributed by atoms with E-state index >= 15 is 0 Å². The van der Waals surface area contributed by atoms with Gasteiger partial charge in [0.2, 0.25) is 5.91 Å². The summed E-state index contributed by atoms with van der Waals surface area (Å²) < 4.78 is 0.816. The first kappa shape index (κ1) is 18.0. The van der Waals surface area contributed by atoms with Crippen molar-refractivity contribution in [2.75, 3.05) is 5.32 Å². The van der Waals surface area contributed by atoms with Gasteiger partial charge in [0.25, 0.3) is 0 Å². The van der Waals surface area contributed by atoms with Crippen LogP contribution in [0.4, 0.5) is 5.69 Å². The van der Waals surface area contributed by atoms with Gasteiger partial charge in [-0.05, 0) is 57.1 Å². The Morgan fingerprint density at radius 3 is 2.35 bits per heavy atom. The summed E-state index contributed by atoms with van der Waals surface area (Å²) in [7, 11) is 0. The van der Waals surface area contributed by atoms with Gasteiger partial charge in [0.05, 0.1) is 5.02 Å². The molecule has 0 fully saturated rings. The average molecular weight is 395 g/mol. The fraction of sp³-hybridized carbons (Fsp3) is 0.316. The number of aryl methyl sites for hydroxylation is 1. The molecule has 0 atom stereocenters. The highest BCUT2D eigenvalue weighted by atomic mass is 79.9. The molecule has 0 aliphatic carbocycles. The number of amides is 1. The summed E-state index contributed by atoms with van der Waals surface area (Å²) in [5.74, 6) is -0.0108. The fourth-order valence-corrected chi connectivity index (χ4v) is 2.65. The molecule has 2 aromatic rings. The zero-order valence-corrected chi connectivity index (χ0v) is 16.0. The number of benzene rings is 2. The zero-order chi connectivity index (χ0) is 17.0. The molecule has 0 saturated carbocycles. The topological polar surface area (TPSA) is 29.1 Å². The van der Waals surface area contributed by atoms with Crippen molar-refractivity contribution < 1.29 is 4.79 Å². The van der Waals surface area contributed by atoms with Crippen LogP contribution in [0.5, 0.6) is 0 Å². The molecule has 0 radical (unpaired) electrons. The van der Waals surface area contributed by atoms with E-state index in [4.69, 9.17) is 11.6 Å². The van der Waals surface area contributed by atoms with Crippen LogP contribution in [0.3, 0.4) is 0 Å². The molecule has 122 valence electrons. The Morgan fingerprint density at radius 1 is 1.13 bits per heavy atom. The van der Waals surface area contributed by atoms with Crippen molar-refractivity contribution in [2.24, 2.45) is 0 Å². The number of hydrogen-bond donors (Lipinski definition) is 1. The Hall–Kier alpha value is -1.32. The van der Waals surface area contributed by atoms with E-state index < -0.39 is 0 Å². The van der Waals surface area contributed by atoms with Crippen molar-refractivity contribution in [3.8, 4) is 0 Å². The van der Waals surface area contributed by atoms with Crippen LogP contribution in [0, 0.1) is 0 Å². The minimum Gasteiger partial charge on any atom is -0.326 e. The molecule has 0 aliphatic rings. The highest BCUT2D eigenvalue weighted by Gasteiger charge is 2.13. The Bertz CT molecular complexity index is 690. The van der Waals surface area contributed by atoms with Gasteiger partial charge in [-0.1, -0.05) is 56.6 Å². The van der Waals surface area contributed by atoms with Gasteiger partial charge >= 0.3 is 0 Å². The van der Waals surface area contributed by atoms with Crippen LogP contribution in [0.15, 0.2) is 46.9 Å². The number of rotatable bonds is 4. The average Bonchev–Trinajstić information content (AvgIpc) is 2.48. The fourth-order valence-electron chi connectivity index (χ4n) is 2.23. The lowest BCUT2D eigenvalue weighted by atomic mass is 9.86. The molecule has 4 heteroatoms. The predicted molar refractivity (Wildman–Crippen MR) is 101 cm³/mol. The quantitative estimate of drug-likeness (QED) is 0.680. The van der Waals surface area contributed by atoms with Crippen molar-refractivity contribution in [3.05, 3.63) is 63.1 Å². The van der Waals surface area contributed by atoms with Crippen LogP contribution in [0.1, 0.15) is 38.3 Å². The normalized spacial score (nSPS) is 11.3. The van der Waals surface area contributed by atoms with Crippen molar-refractivity contribution in [1.82, 2.24) is 0 Å². The predicted octanol–water partition coefficient (Wildman–Crippen LogP) is 5.97. The number of halogens is 2. The van der Waals surface area contributed by atoms with E-state index in [1.54, 1.807) is 6.07 Å². The van der Waals surface area contributed by atoms with Crippen LogP contribution in [0.25, 0.3) is 0 Å². The summed E-state index contributed by atoms with van der Waals surface area (Å²) in [6, 6.07) is 13.9. The SMILES string of the molecule is CC(C)(C)c1ccc(CCC(=O)Nc2ccc(Br)c(Cl)c2)cc1. The summed E-state index contributed by atoms with van der Waals surface area (Å²) >= 11 is 9.36. The third-order valence-corrected chi connectivity index (χ3v) is 4.90. The molecule has 0 aliphatic heterocycles. The second-order valence-corrected chi connectivity index (χ2v) is 7.89. The number of anilines is 1. The van der Waals surface area contributed by atoms with Crippen LogP contribution in [-0.2, 0) is 16.6 Å². The van der Waals surface area contributed by atoms with Gasteiger partial charge in [0.1, 0.15) is 0 Å². The second-order valence-electron chi connectivity index (χ2n) is 6.62. The Kier molecular flexibility index (Phi) is 5.88. The second kappa shape index (κ2) is 7.50. The van der Waals surface area contributed by atoms with Crippen LogP contribution < -0.4 is 5.32 Å². The summed E-state index contributed by atoms with van der Waals surface area (Å²) in [6.45, 7) is 6.58. The molecule has 1 N–H and O–H groups in total. The first-order valence-electron chi connectivity index (χ1n) is 7.60. The molecule has 2 aromatic carbocycles. The van der Waals surface area contributed by atoms with E-state index in [9.17, 15) is 4.79 Å². The van der Waals surface area contributed by atoms with Gasteiger partial charge in [-0.3, -0.25) is 4.79 Å². The number of hydrogen-bond acceptors (Lipinski definition) is 1. The standard InChI is InChI=1S/C19H21BrClNO/c1-19(2,3)14-7-4-13(5-8-14)6-11-18(23)22-15-9-10-16(20)17(21)12-15/h4-5,7-10,12H,6,11H2,1-3H3,(H,22,23). The first-order chi connectivity index (χ1) is 10.8. The Labute approximate surface area is 151 Å². The summed E-state index contributed by atoms with van der Waals surface area (Å²) in [5.41, 5.74) is 3.33. The number of carbonyl (C=O) groups excluding carboxylic acids is 1. The van der Waals surface area contributed by atoms with Crippen molar-refractivity contribution in [3.63, 3.8) is 0 Å². The Balaban J connectivity index is 1.90. The number of nitrogens with one attached hydrogen (secondary N) is 1. The highest BCUT2D eigenvalue weighted by Crippen LogP contribution is 2.26. The maximum atomic E-state index is 12.0. The summed E-state index contributed by atoms with van der Waals surface area (Å²) in [6.07, 6.45) is 1.17. The summed E-state index contributed by atoms with van der Waals surface area (Å²) in [5, 5.41) is 3.46. The molecule has 23 heavy (non-hydrogen) atoms. The molecule has 0 heterocycles. The van der Waals surface area contributed by atoms with E-state index in [-0.39, 0.29) is 11.3 Å². The molecule has 1 amide bonds. The summed E-state index contributed by atoms with van der Waals surface area (Å²) in [4.78, 5) is 12.0. The lowest BCUT2D eigenvalue weighted by Gasteiger charge is -2.19. The molecule has 0 unspecified atom stereocenters. The molecular weight excluding hydrogens is 374 g/mol. The third kappa shape index (κ3) is 5.36. The van der Waals surface area contributed by atoms with E-state index in [0.717, 1.165) is 10.9 Å². The van der Waals surface area contributed by atoms with Gasteiger partial charge in [0, 0.05) is 16.6 Å². The molecular formula is C19H21BrClNO. The Morgan fingerprint density at radius 2 is 1.78 bits per heavy atom. The van der Waals surface area contributed by atoms with Crippen molar-refractivity contribution in [2.45, 2.75) is 39.0 Å². The van der Waals surface area contributed by atoms with E-state index in [1.807, 2.05) is 12.1 Å². The van der Waals surface area contributed by atoms with E-state index in [2.05, 4.69) is 66.3 Å². The molecule has 0 saturated heterocycles. The lowest BCUT2D eigenvalue weighted by molar-refractivity contribution is -0.116. The lowest BCUT2D eigenvalue weighted by Crippen LogP contribution is -2.13. The minimum atomic E-state index is -0.0108. The van der Waals surface area contributed by atoms with Gasteiger partial charge in [-0.25, -0.2) is 0 Å². The van der Waals surface area contributed by atoms with Crippen LogP contribution >= 0.6 is 27.5 Å². The largest absolute Gasteiger partial charge is 0.326 e. The van der Waals surface area contributed by atoms with Gasteiger partial charge < -0.3 is 5.32 Å². The van der Waals surface area contributed by atoms with Crippen molar-refractivity contribution >= 4 is 39.1 Å². The molecule has 0 spiro atoms. The monoisotopic (exact) mass is 393 g/mol. The number of carbonyl (C=O) groups is 1. The van der Waals surface area contributed by atoms with Gasteiger partial charge in [-0.15, -0.1) is 0 Å². The van der Waals surface area contributed by atoms with Gasteiger partial charge in [0.15, 0.2) is 0 Å². The molecule has 2 nitrogen and oxygen atoms in total. The van der Waals surface area contributed by atoms with Crippen LogP contribution in [0.2, 0.25) is 5.02 Å². The maximum Gasteiger partial charge on any atom is 0.224 e. The third-order valence-electron chi connectivity index (χ3n) is 3.66. The maximum absolute atomic E-state index is 12.0.